The van der Waals surface area contributed by atoms with Gasteiger partial charge in [-0.1, -0.05) is 0 Å². The highest BCUT2D eigenvalue weighted by Gasteiger charge is 2.42. The minimum Gasteiger partial charge on any atom is -0.388 e. The van der Waals surface area contributed by atoms with Crippen LogP contribution in [0.1, 0.15) is 19.8 Å². The van der Waals surface area contributed by atoms with Crippen LogP contribution in [0.2, 0.25) is 0 Å². The molecular formula is C12H24N2O6. The molecule has 1 saturated heterocycles. The van der Waals surface area contributed by atoms with Gasteiger partial charge < -0.3 is 35.8 Å². The van der Waals surface area contributed by atoms with E-state index in [2.05, 4.69) is 5.32 Å². The standard InChI is InChI=1S/C12H24N2O6/c1-7-9(16)10(17)11(18)12(20-7)19-6-5-14-8(15)3-2-4-13/h7,9-12,16-18H,2-6,13H2,1H3,(H,14,15)/t7-,9+,10+,11-,12+/m0/s1. The molecule has 6 N–H and O–H groups in total. The van der Waals surface area contributed by atoms with Crippen LogP contribution >= 0.6 is 0 Å². The second-order valence-corrected chi connectivity index (χ2v) is 4.79. The van der Waals surface area contributed by atoms with Gasteiger partial charge in [0.25, 0.3) is 0 Å². The van der Waals surface area contributed by atoms with Crippen LogP contribution in [0.15, 0.2) is 0 Å². The fourth-order valence-electron chi connectivity index (χ4n) is 1.87. The Morgan fingerprint density at radius 3 is 2.65 bits per heavy atom. The van der Waals surface area contributed by atoms with Gasteiger partial charge in [0.2, 0.25) is 5.91 Å². The first-order chi connectivity index (χ1) is 9.47. The number of hydrogen-bond donors (Lipinski definition) is 5. The topological polar surface area (TPSA) is 134 Å². The first-order valence-electron chi connectivity index (χ1n) is 6.75. The summed E-state index contributed by atoms with van der Waals surface area (Å²) in [7, 11) is 0. The normalized spacial score (nSPS) is 34.0. The minimum absolute atomic E-state index is 0.118. The summed E-state index contributed by atoms with van der Waals surface area (Å²) in [6.45, 7) is 2.43. The van der Waals surface area contributed by atoms with Crippen molar-refractivity contribution in [3.63, 3.8) is 0 Å². The van der Waals surface area contributed by atoms with E-state index in [1.54, 1.807) is 6.92 Å². The van der Waals surface area contributed by atoms with E-state index in [0.717, 1.165) is 0 Å². The van der Waals surface area contributed by atoms with Gasteiger partial charge in [-0.05, 0) is 19.9 Å². The van der Waals surface area contributed by atoms with Crippen molar-refractivity contribution in [3.8, 4) is 0 Å². The van der Waals surface area contributed by atoms with Crippen LogP contribution in [0.3, 0.4) is 0 Å². The number of nitrogens with one attached hydrogen (secondary N) is 1. The van der Waals surface area contributed by atoms with E-state index >= 15 is 0 Å². The molecule has 0 spiro atoms. The number of carbonyl (C=O) groups excluding carboxylic acids is 1. The molecule has 0 unspecified atom stereocenters. The second kappa shape index (κ2) is 8.50. The molecule has 0 aromatic heterocycles. The summed E-state index contributed by atoms with van der Waals surface area (Å²) >= 11 is 0. The van der Waals surface area contributed by atoms with Gasteiger partial charge in [0.15, 0.2) is 6.29 Å². The Bertz CT molecular complexity index is 304. The van der Waals surface area contributed by atoms with E-state index in [-0.39, 0.29) is 19.1 Å². The van der Waals surface area contributed by atoms with Crippen LogP contribution in [-0.2, 0) is 14.3 Å². The third-order valence-corrected chi connectivity index (χ3v) is 3.12. The number of aliphatic hydroxyl groups excluding tert-OH is 3. The molecule has 1 amide bonds. The highest BCUT2D eigenvalue weighted by Crippen LogP contribution is 2.21. The highest BCUT2D eigenvalue weighted by atomic mass is 16.7. The first-order valence-corrected chi connectivity index (χ1v) is 6.75. The molecule has 1 aliphatic heterocycles. The van der Waals surface area contributed by atoms with E-state index in [1.165, 1.54) is 0 Å². The summed E-state index contributed by atoms with van der Waals surface area (Å²) in [6.07, 6.45) is -4.47. The van der Waals surface area contributed by atoms with E-state index in [0.29, 0.717) is 19.4 Å². The first kappa shape index (κ1) is 17.3. The Morgan fingerprint density at radius 1 is 1.30 bits per heavy atom. The summed E-state index contributed by atoms with van der Waals surface area (Å²) in [4.78, 5) is 11.3. The van der Waals surface area contributed by atoms with Gasteiger partial charge in [0, 0.05) is 13.0 Å². The van der Waals surface area contributed by atoms with E-state index < -0.39 is 30.7 Å². The van der Waals surface area contributed by atoms with Gasteiger partial charge >= 0.3 is 0 Å². The lowest BCUT2D eigenvalue weighted by molar-refractivity contribution is -0.292. The van der Waals surface area contributed by atoms with Crippen molar-refractivity contribution in [2.75, 3.05) is 19.7 Å². The van der Waals surface area contributed by atoms with Crippen LogP contribution in [0.4, 0.5) is 0 Å². The van der Waals surface area contributed by atoms with E-state index in [1.807, 2.05) is 0 Å². The third kappa shape index (κ3) is 4.97. The van der Waals surface area contributed by atoms with Crippen molar-refractivity contribution in [2.24, 2.45) is 5.73 Å². The van der Waals surface area contributed by atoms with Crippen LogP contribution in [-0.4, -0.2) is 71.6 Å². The third-order valence-electron chi connectivity index (χ3n) is 3.12. The Labute approximate surface area is 117 Å². The number of ether oxygens (including phenoxy) is 2. The lowest BCUT2D eigenvalue weighted by Gasteiger charge is -2.38. The fraction of sp³-hybridized carbons (Fsp3) is 0.917. The lowest BCUT2D eigenvalue weighted by atomic mass is 10.0. The molecule has 1 heterocycles. The largest absolute Gasteiger partial charge is 0.388 e. The van der Waals surface area contributed by atoms with Crippen molar-refractivity contribution in [1.29, 1.82) is 0 Å². The van der Waals surface area contributed by atoms with Crippen LogP contribution in [0.5, 0.6) is 0 Å². The number of carbonyl (C=O) groups is 1. The quantitative estimate of drug-likeness (QED) is 0.333. The number of nitrogens with two attached hydrogens (primary N) is 1. The number of aliphatic hydroxyl groups is 3. The molecule has 1 aliphatic rings. The molecule has 118 valence electrons. The van der Waals surface area contributed by atoms with Gasteiger partial charge in [-0.3, -0.25) is 4.79 Å². The molecule has 8 nitrogen and oxygen atoms in total. The summed E-state index contributed by atoms with van der Waals surface area (Å²) in [5.41, 5.74) is 5.29. The zero-order chi connectivity index (χ0) is 15.1. The number of rotatable bonds is 7. The predicted octanol–water partition coefficient (Wildman–Crippen LogP) is -2.31. The molecule has 0 bridgehead atoms. The zero-order valence-corrected chi connectivity index (χ0v) is 11.6. The van der Waals surface area contributed by atoms with Gasteiger partial charge in [0.1, 0.15) is 18.3 Å². The van der Waals surface area contributed by atoms with E-state index in [9.17, 15) is 20.1 Å². The van der Waals surface area contributed by atoms with Gasteiger partial charge in [-0.2, -0.15) is 0 Å². The van der Waals surface area contributed by atoms with Crippen LogP contribution in [0, 0.1) is 0 Å². The van der Waals surface area contributed by atoms with Gasteiger partial charge in [0.05, 0.1) is 12.7 Å². The Balaban J connectivity index is 2.23. The number of amides is 1. The molecule has 0 aliphatic carbocycles. The maximum atomic E-state index is 11.3. The fourth-order valence-corrected chi connectivity index (χ4v) is 1.87. The van der Waals surface area contributed by atoms with Gasteiger partial charge in [-0.25, -0.2) is 0 Å². The predicted molar refractivity (Wildman–Crippen MR) is 69.6 cm³/mol. The van der Waals surface area contributed by atoms with Crippen molar-refractivity contribution in [1.82, 2.24) is 5.32 Å². The minimum atomic E-state index is -1.32. The molecule has 0 saturated carbocycles. The molecule has 0 aromatic carbocycles. The summed E-state index contributed by atoms with van der Waals surface area (Å²) < 4.78 is 10.5. The van der Waals surface area contributed by atoms with E-state index in [4.69, 9.17) is 15.2 Å². The summed E-state index contributed by atoms with van der Waals surface area (Å²) in [5, 5.41) is 31.4. The summed E-state index contributed by atoms with van der Waals surface area (Å²) in [6, 6.07) is 0. The molecule has 5 atom stereocenters. The average Bonchev–Trinajstić information content (AvgIpc) is 2.44. The molecule has 20 heavy (non-hydrogen) atoms. The second-order valence-electron chi connectivity index (χ2n) is 4.79. The molecule has 8 heteroatoms. The number of hydrogen-bond acceptors (Lipinski definition) is 7. The van der Waals surface area contributed by atoms with Crippen molar-refractivity contribution in [3.05, 3.63) is 0 Å². The van der Waals surface area contributed by atoms with Crippen molar-refractivity contribution in [2.45, 2.75) is 50.5 Å². The Hall–Kier alpha value is -0.770. The SMILES string of the molecule is C[C@@H]1O[C@@H](OCCNC(=O)CCCN)[C@@H](O)[C@H](O)[C@@H]1O. The maximum Gasteiger partial charge on any atom is 0.220 e. The molecule has 1 rings (SSSR count). The molecule has 1 fully saturated rings. The smallest absolute Gasteiger partial charge is 0.220 e. The lowest BCUT2D eigenvalue weighted by Crippen LogP contribution is -2.57. The Morgan fingerprint density at radius 2 is 2.00 bits per heavy atom. The van der Waals surface area contributed by atoms with Gasteiger partial charge in [-0.15, -0.1) is 0 Å². The molecule has 0 aromatic rings. The highest BCUT2D eigenvalue weighted by molar-refractivity contribution is 5.75. The maximum absolute atomic E-state index is 11.3. The molecule has 0 radical (unpaired) electrons. The van der Waals surface area contributed by atoms with Crippen LogP contribution in [0.25, 0.3) is 0 Å². The monoisotopic (exact) mass is 292 g/mol. The van der Waals surface area contributed by atoms with Crippen LogP contribution < -0.4 is 11.1 Å². The van der Waals surface area contributed by atoms with Crippen molar-refractivity contribution < 1.29 is 29.6 Å². The zero-order valence-electron chi connectivity index (χ0n) is 11.6. The Kier molecular flexibility index (Phi) is 7.35. The average molecular weight is 292 g/mol. The van der Waals surface area contributed by atoms with Crippen molar-refractivity contribution >= 4 is 5.91 Å². The summed E-state index contributed by atoms with van der Waals surface area (Å²) in [5.74, 6) is -0.118. The molecular weight excluding hydrogens is 268 g/mol.